The number of piperazine rings is 2. The number of rotatable bonds is 10. The summed E-state index contributed by atoms with van der Waals surface area (Å²) in [7, 11) is 0. The maximum Gasteiger partial charge on any atom is 0.270 e. The highest BCUT2D eigenvalue weighted by molar-refractivity contribution is 6.03. The number of benzene rings is 3. The standard InChI is InChI=1S/C49H59N7O4/c57-41-16-18-43-36(30-41)12-17-42(34-6-2-1-3-7-34)47(43)35-10-13-39(14-11-35)55-26-22-53(23-27-55)32-37-8-4-5-9-38(37)33-54-24-28-56(29-25-54)40-15-19-44(50-31-40)48(59)51-45-20-21-46(58)52-49(45)60/h1-3,6-7,10-11,13-16,18-19,30-31,37-38,42,45,47,57H,4-5,8-9,12,17,20-29,32-33H2,(H,51,59)(H,52,58,60)/t37-,38-,42-,45?,47+/m1/s1. The van der Waals surface area contributed by atoms with Crippen molar-refractivity contribution in [3.63, 3.8) is 0 Å². The first-order valence-electron chi connectivity index (χ1n) is 22.4. The van der Waals surface area contributed by atoms with E-state index in [2.05, 4.69) is 95.9 Å². The molecule has 3 aliphatic heterocycles. The van der Waals surface area contributed by atoms with E-state index in [0.29, 0.717) is 18.1 Å². The third-order valence-electron chi connectivity index (χ3n) is 14.1. The lowest BCUT2D eigenvalue weighted by atomic mass is 9.69. The smallest absolute Gasteiger partial charge is 0.270 e. The number of nitrogens with one attached hydrogen (secondary N) is 2. The largest absolute Gasteiger partial charge is 0.508 e. The molecule has 3 aromatic carbocycles. The molecule has 5 atom stereocenters. The summed E-state index contributed by atoms with van der Waals surface area (Å²) in [6, 6.07) is 29.3. The predicted octanol–water partition coefficient (Wildman–Crippen LogP) is 5.93. The van der Waals surface area contributed by atoms with Crippen molar-refractivity contribution in [2.24, 2.45) is 11.8 Å². The van der Waals surface area contributed by atoms with Gasteiger partial charge in [0.2, 0.25) is 11.8 Å². The Morgan fingerprint density at radius 2 is 1.35 bits per heavy atom. The second-order valence-corrected chi connectivity index (χ2v) is 17.8. The summed E-state index contributed by atoms with van der Waals surface area (Å²) in [6.45, 7) is 10.6. The molecule has 60 heavy (non-hydrogen) atoms. The Morgan fingerprint density at radius 1 is 0.700 bits per heavy atom. The summed E-state index contributed by atoms with van der Waals surface area (Å²) >= 11 is 0. The van der Waals surface area contributed by atoms with E-state index in [0.717, 1.165) is 82.7 Å². The number of anilines is 2. The number of piperidine rings is 1. The number of aromatic nitrogens is 1. The number of imide groups is 1. The first-order chi connectivity index (χ1) is 29.3. The molecular weight excluding hydrogens is 751 g/mol. The molecule has 9 rings (SSSR count). The van der Waals surface area contributed by atoms with Crippen molar-refractivity contribution in [1.29, 1.82) is 0 Å². The van der Waals surface area contributed by atoms with Crippen molar-refractivity contribution in [2.75, 3.05) is 75.2 Å². The zero-order valence-corrected chi connectivity index (χ0v) is 34.7. The van der Waals surface area contributed by atoms with E-state index in [9.17, 15) is 19.5 Å². The molecule has 1 aromatic heterocycles. The number of phenolic OH excluding ortho intramolecular Hbond substituents is 1. The molecule has 1 unspecified atom stereocenters. The number of carbonyl (C=O) groups excluding carboxylic acids is 3. The lowest BCUT2D eigenvalue weighted by molar-refractivity contribution is -0.134. The number of phenols is 1. The third-order valence-corrected chi connectivity index (χ3v) is 14.1. The quantitative estimate of drug-likeness (QED) is 0.168. The molecule has 11 nitrogen and oxygen atoms in total. The van der Waals surface area contributed by atoms with Crippen LogP contribution in [0, 0.1) is 11.8 Å². The van der Waals surface area contributed by atoms with Gasteiger partial charge in [0.15, 0.2) is 0 Å². The number of carbonyl (C=O) groups is 3. The van der Waals surface area contributed by atoms with Crippen molar-refractivity contribution < 1.29 is 19.5 Å². The van der Waals surface area contributed by atoms with Gasteiger partial charge in [-0.15, -0.1) is 0 Å². The van der Waals surface area contributed by atoms with Crippen molar-refractivity contribution in [3.05, 3.63) is 119 Å². The van der Waals surface area contributed by atoms with Gasteiger partial charge in [-0.3, -0.25) is 29.5 Å². The van der Waals surface area contributed by atoms with Gasteiger partial charge in [0.25, 0.3) is 5.91 Å². The molecule has 314 valence electrons. The molecule has 3 N–H and O–H groups in total. The Hall–Kier alpha value is -5.26. The molecule has 0 spiro atoms. The van der Waals surface area contributed by atoms with Crippen LogP contribution < -0.4 is 20.4 Å². The molecule has 0 radical (unpaired) electrons. The van der Waals surface area contributed by atoms with E-state index in [1.54, 1.807) is 12.3 Å². The number of amides is 3. The molecule has 3 amide bonds. The van der Waals surface area contributed by atoms with Gasteiger partial charge in [0.1, 0.15) is 17.5 Å². The monoisotopic (exact) mass is 809 g/mol. The van der Waals surface area contributed by atoms with Gasteiger partial charge in [-0.25, -0.2) is 4.98 Å². The topological polar surface area (TPSA) is 121 Å². The van der Waals surface area contributed by atoms with Crippen molar-refractivity contribution in [1.82, 2.24) is 25.4 Å². The van der Waals surface area contributed by atoms with Crippen LogP contribution in [0.4, 0.5) is 11.4 Å². The second-order valence-electron chi connectivity index (χ2n) is 17.8. The first kappa shape index (κ1) is 40.2. The minimum atomic E-state index is -0.715. The van der Waals surface area contributed by atoms with Crippen LogP contribution in [0.5, 0.6) is 5.75 Å². The van der Waals surface area contributed by atoms with E-state index in [4.69, 9.17) is 0 Å². The molecule has 0 bridgehead atoms. The van der Waals surface area contributed by atoms with Crippen LogP contribution in [-0.4, -0.2) is 109 Å². The SMILES string of the molecule is O=C1CCC(NC(=O)c2ccc(N3CCN(C[C@H]4CCCC[C@@H]4CN4CCN(c5ccc([C@@H]6c7ccc(O)cc7CC[C@@H]6c6ccccc6)cc5)CC4)CC3)cn2)C(=O)N1. The van der Waals surface area contributed by atoms with E-state index < -0.39 is 17.9 Å². The van der Waals surface area contributed by atoms with Crippen LogP contribution >= 0.6 is 0 Å². The normalized spacial score (nSPS) is 25.4. The number of aryl methyl sites for hydroxylation is 1. The Bertz CT molecular complexity index is 2110. The van der Waals surface area contributed by atoms with Crippen LogP contribution in [0.25, 0.3) is 0 Å². The number of nitrogens with zero attached hydrogens (tertiary/aromatic N) is 5. The van der Waals surface area contributed by atoms with Gasteiger partial charge in [0.05, 0.1) is 11.9 Å². The van der Waals surface area contributed by atoms with E-state index in [1.807, 2.05) is 18.2 Å². The molecule has 3 saturated heterocycles. The Balaban J connectivity index is 0.750. The number of hydrogen-bond acceptors (Lipinski definition) is 9. The minimum absolute atomic E-state index is 0.216. The van der Waals surface area contributed by atoms with Crippen LogP contribution in [0.15, 0.2) is 91.1 Å². The molecule has 4 heterocycles. The summed E-state index contributed by atoms with van der Waals surface area (Å²) in [6.07, 6.45) is 9.66. The molecule has 4 aromatic rings. The predicted molar refractivity (Wildman–Crippen MR) is 235 cm³/mol. The molecule has 5 aliphatic rings. The average molecular weight is 810 g/mol. The third kappa shape index (κ3) is 9.07. The Labute approximate surface area is 354 Å². The summed E-state index contributed by atoms with van der Waals surface area (Å²) in [5, 5.41) is 15.3. The summed E-state index contributed by atoms with van der Waals surface area (Å²) in [5.74, 6) is 1.32. The first-order valence-corrected chi connectivity index (χ1v) is 22.4. The number of pyridine rings is 1. The van der Waals surface area contributed by atoms with E-state index in [-0.39, 0.29) is 23.9 Å². The summed E-state index contributed by atoms with van der Waals surface area (Å²) in [5.41, 5.74) is 7.94. The summed E-state index contributed by atoms with van der Waals surface area (Å²) < 4.78 is 0. The van der Waals surface area contributed by atoms with Crippen molar-refractivity contribution in [3.8, 4) is 5.75 Å². The fourth-order valence-electron chi connectivity index (χ4n) is 10.7. The minimum Gasteiger partial charge on any atom is -0.508 e. The van der Waals surface area contributed by atoms with Gasteiger partial charge in [-0.2, -0.15) is 0 Å². The number of hydrogen-bond donors (Lipinski definition) is 3. The molecular formula is C49H59N7O4. The van der Waals surface area contributed by atoms with Crippen LogP contribution in [0.1, 0.15) is 89.5 Å². The van der Waals surface area contributed by atoms with Gasteiger partial charge >= 0.3 is 0 Å². The number of aromatic hydroxyl groups is 1. The van der Waals surface area contributed by atoms with Crippen LogP contribution in [-0.2, 0) is 16.0 Å². The fourth-order valence-corrected chi connectivity index (χ4v) is 10.7. The highest BCUT2D eigenvalue weighted by atomic mass is 16.3. The number of fused-ring (bicyclic) bond motifs is 1. The Morgan fingerprint density at radius 3 is 1.98 bits per heavy atom. The lowest BCUT2D eigenvalue weighted by Gasteiger charge is -2.43. The molecule has 1 saturated carbocycles. The highest BCUT2D eigenvalue weighted by Crippen LogP contribution is 2.47. The van der Waals surface area contributed by atoms with E-state index in [1.165, 1.54) is 66.7 Å². The van der Waals surface area contributed by atoms with Gasteiger partial charge < -0.3 is 20.2 Å². The highest BCUT2D eigenvalue weighted by Gasteiger charge is 2.34. The van der Waals surface area contributed by atoms with Crippen LogP contribution in [0.3, 0.4) is 0 Å². The fraction of sp³-hybridized carbons (Fsp3) is 0.469. The maximum absolute atomic E-state index is 12.8. The lowest BCUT2D eigenvalue weighted by Crippen LogP contribution is -2.52. The van der Waals surface area contributed by atoms with Gasteiger partial charge in [-0.1, -0.05) is 61.4 Å². The molecule has 4 fully saturated rings. The summed E-state index contributed by atoms with van der Waals surface area (Å²) in [4.78, 5) is 51.0. The zero-order valence-electron chi connectivity index (χ0n) is 34.7. The van der Waals surface area contributed by atoms with Gasteiger partial charge in [0, 0.05) is 83.5 Å². The molecule has 11 heteroatoms. The average Bonchev–Trinajstić information content (AvgIpc) is 3.28. The Kier molecular flexibility index (Phi) is 12.2. The second kappa shape index (κ2) is 18.2. The maximum atomic E-state index is 12.8. The zero-order chi connectivity index (χ0) is 41.0. The van der Waals surface area contributed by atoms with Gasteiger partial charge in [-0.05, 0) is 109 Å². The van der Waals surface area contributed by atoms with Crippen molar-refractivity contribution >= 4 is 29.1 Å². The van der Waals surface area contributed by atoms with Crippen molar-refractivity contribution in [2.45, 2.75) is 69.2 Å². The van der Waals surface area contributed by atoms with Crippen LogP contribution in [0.2, 0.25) is 0 Å². The van der Waals surface area contributed by atoms with E-state index >= 15 is 0 Å². The molecule has 2 aliphatic carbocycles.